The Bertz CT molecular complexity index is 452. The van der Waals surface area contributed by atoms with E-state index in [0.29, 0.717) is 0 Å². The molecular weight excluding hydrogens is 226 g/mol. The van der Waals surface area contributed by atoms with Crippen LogP contribution in [-0.4, -0.2) is 37.1 Å². The molecule has 1 unspecified atom stereocenters. The van der Waals surface area contributed by atoms with Gasteiger partial charge in [-0.2, -0.15) is 0 Å². The Morgan fingerprint density at radius 3 is 2.67 bits per heavy atom. The van der Waals surface area contributed by atoms with E-state index in [1.54, 1.807) is 0 Å². The number of hydrogen-bond donors (Lipinski definition) is 2. The highest BCUT2D eigenvalue weighted by Crippen LogP contribution is 2.05. The molecule has 1 aliphatic rings. The minimum Gasteiger partial charge on any atom is -0.359 e. The molecule has 1 aliphatic heterocycles. The van der Waals surface area contributed by atoms with Gasteiger partial charge < -0.3 is 10.2 Å². The Labute approximate surface area is 108 Å². The van der Waals surface area contributed by atoms with Crippen molar-refractivity contribution in [3.8, 4) is 0 Å². The number of aliphatic imine (C=N–C) groups is 2. The van der Waals surface area contributed by atoms with Crippen molar-refractivity contribution in [1.82, 2.24) is 15.5 Å². The van der Waals surface area contributed by atoms with E-state index in [9.17, 15) is 0 Å². The van der Waals surface area contributed by atoms with Gasteiger partial charge in [-0.25, -0.2) is 9.98 Å². The first-order chi connectivity index (χ1) is 8.69. The second kappa shape index (κ2) is 5.53. The molecule has 1 heterocycles. The van der Waals surface area contributed by atoms with Crippen LogP contribution < -0.4 is 10.6 Å². The molecule has 1 aromatic rings. The monoisotopic (exact) mass is 245 g/mol. The highest BCUT2D eigenvalue weighted by molar-refractivity contribution is 5.99. The maximum absolute atomic E-state index is 4.48. The summed E-state index contributed by atoms with van der Waals surface area (Å²) in [5.74, 6) is 1.60. The Kier molecular flexibility index (Phi) is 3.82. The zero-order valence-electron chi connectivity index (χ0n) is 11.0. The highest BCUT2D eigenvalue weighted by atomic mass is 15.4. The minimum absolute atomic E-state index is 0.0538. The van der Waals surface area contributed by atoms with Crippen molar-refractivity contribution in [2.24, 2.45) is 9.98 Å². The Morgan fingerprint density at radius 2 is 2.00 bits per heavy atom. The van der Waals surface area contributed by atoms with Crippen LogP contribution in [-0.2, 0) is 6.54 Å². The van der Waals surface area contributed by atoms with E-state index in [-0.39, 0.29) is 6.17 Å². The standard InChI is InChI=1S/C13H19N5/c1-10-15-12(14-2)17-13(16-10)18(3)9-11-7-5-4-6-8-11/h4-8,10H,9H2,1-3H3,(H2,14,15,16,17). The van der Waals surface area contributed by atoms with Crippen molar-refractivity contribution in [2.75, 3.05) is 14.1 Å². The molecule has 18 heavy (non-hydrogen) atoms. The van der Waals surface area contributed by atoms with Gasteiger partial charge in [-0.15, -0.1) is 0 Å². The number of nitrogens with one attached hydrogen (secondary N) is 2. The summed E-state index contributed by atoms with van der Waals surface area (Å²) in [4.78, 5) is 10.9. The predicted octanol–water partition coefficient (Wildman–Crippen LogP) is 0.999. The Hall–Kier alpha value is -2.04. The summed E-state index contributed by atoms with van der Waals surface area (Å²) in [6, 6.07) is 10.3. The van der Waals surface area contributed by atoms with Gasteiger partial charge in [-0.3, -0.25) is 5.32 Å². The van der Waals surface area contributed by atoms with Crippen LogP contribution in [0.2, 0.25) is 0 Å². The molecule has 1 aromatic carbocycles. The van der Waals surface area contributed by atoms with E-state index in [1.165, 1.54) is 5.56 Å². The fourth-order valence-corrected chi connectivity index (χ4v) is 1.82. The first-order valence-corrected chi connectivity index (χ1v) is 6.04. The van der Waals surface area contributed by atoms with Gasteiger partial charge in [0.05, 0.1) is 0 Å². The molecule has 0 fully saturated rings. The first-order valence-electron chi connectivity index (χ1n) is 6.04. The van der Waals surface area contributed by atoms with E-state index in [4.69, 9.17) is 0 Å². The van der Waals surface area contributed by atoms with Gasteiger partial charge in [0, 0.05) is 20.6 Å². The van der Waals surface area contributed by atoms with Gasteiger partial charge in [0.15, 0.2) is 5.96 Å². The van der Waals surface area contributed by atoms with E-state index in [1.807, 2.05) is 39.2 Å². The summed E-state index contributed by atoms with van der Waals surface area (Å²) >= 11 is 0. The van der Waals surface area contributed by atoms with Crippen LogP contribution >= 0.6 is 0 Å². The van der Waals surface area contributed by atoms with Gasteiger partial charge in [0.25, 0.3) is 0 Å². The first kappa shape index (κ1) is 12.4. The average Bonchev–Trinajstić information content (AvgIpc) is 2.39. The molecule has 96 valence electrons. The summed E-state index contributed by atoms with van der Waals surface area (Å²) in [6.45, 7) is 2.78. The molecule has 0 spiro atoms. The molecule has 0 aliphatic carbocycles. The van der Waals surface area contributed by atoms with Crippen LogP contribution in [0.5, 0.6) is 0 Å². The number of guanidine groups is 2. The second-order valence-corrected chi connectivity index (χ2v) is 4.28. The predicted molar refractivity (Wildman–Crippen MR) is 74.4 cm³/mol. The largest absolute Gasteiger partial charge is 0.359 e. The van der Waals surface area contributed by atoms with Gasteiger partial charge in [-0.1, -0.05) is 30.3 Å². The lowest BCUT2D eigenvalue weighted by molar-refractivity contribution is 0.477. The molecule has 2 N–H and O–H groups in total. The number of hydrogen-bond acceptors (Lipinski definition) is 5. The number of benzene rings is 1. The van der Waals surface area contributed by atoms with E-state index in [2.05, 4.69) is 37.7 Å². The molecule has 5 nitrogen and oxygen atoms in total. The molecule has 0 amide bonds. The summed E-state index contributed by atoms with van der Waals surface area (Å²) in [7, 11) is 3.86. The van der Waals surface area contributed by atoms with Crippen molar-refractivity contribution in [1.29, 1.82) is 0 Å². The van der Waals surface area contributed by atoms with E-state index >= 15 is 0 Å². The fourth-order valence-electron chi connectivity index (χ4n) is 1.82. The van der Waals surface area contributed by atoms with Crippen molar-refractivity contribution in [2.45, 2.75) is 19.6 Å². The summed E-state index contributed by atoms with van der Waals surface area (Å²) in [6.07, 6.45) is -0.0538. The van der Waals surface area contributed by atoms with Gasteiger partial charge in [-0.05, 0) is 12.5 Å². The quantitative estimate of drug-likeness (QED) is 0.817. The van der Waals surface area contributed by atoms with E-state index in [0.717, 1.165) is 18.5 Å². The topological polar surface area (TPSA) is 52.0 Å². The number of rotatable bonds is 2. The zero-order chi connectivity index (χ0) is 13.0. The minimum atomic E-state index is -0.0538. The molecule has 1 atom stereocenters. The zero-order valence-corrected chi connectivity index (χ0v) is 11.0. The van der Waals surface area contributed by atoms with Crippen molar-refractivity contribution >= 4 is 11.9 Å². The third-order valence-corrected chi connectivity index (χ3v) is 2.72. The molecule has 0 saturated heterocycles. The maximum Gasteiger partial charge on any atom is 0.202 e. The molecule has 0 saturated carbocycles. The van der Waals surface area contributed by atoms with Crippen LogP contribution in [0.15, 0.2) is 40.3 Å². The SMILES string of the molecule is CNC1=NC(C)N=C(N(C)Cc2ccccc2)N1. The summed E-state index contributed by atoms with van der Waals surface area (Å²) in [5, 5.41) is 6.18. The number of nitrogens with zero attached hydrogens (tertiary/aromatic N) is 3. The summed E-state index contributed by atoms with van der Waals surface area (Å²) < 4.78 is 0. The smallest absolute Gasteiger partial charge is 0.202 e. The van der Waals surface area contributed by atoms with Gasteiger partial charge in [0.2, 0.25) is 5.96 Å². The van der Waals surface area contributed by atoms with Crippen molar-refractivity contribution in [3.05, 3.63) is 35.9 Å². The third kappa shape index (κ3) is 3.00. The Balaban J connectivity index is 2.04. The lowest BCUT2D eigenvalue weighted by atomic mass is 10.2. The molecule has 2 rings (SSSR count). The van der Waals surface area contributed by atoms with Crippen LogP contribution in [0.1, 0.15) is 12.5 Å². The van der Waals surface area contributed by atoms with Crippen LogP contribution in [0.25, 0.3) is 0 Å². The second-order valence-electron chi connectivity index (χ2n) is 4.28. The van der Waals surface area contributed by atoms with E-state index < -0.39 is 0 Å². The molecule has 5 heteroatoms. The lowest BCUT2D eigenvalue weighted by Gasteiger charge is -2.26. The molecule has 0 bridgehead atoms. The molecule has 0 aromatic heterocycles. The van der Waals surface area contributed by atoms with Gasteiger partial charge in [0.1, 0.15) is 6.17 Å². The molecular formula is C13H19N5. The van der Waals surface area contributed by atoms with Crippen molar-refractivity contribution < 1.29 is 0 Å². The van der Waals surface area contributed by atoms with Crippen molar-refractivity contribution in [3.63, 3.8) is 0 Å². The maximum atomic E-state index is 4.48. The normalized spacial score (nSPS) is 18.5. The van der Waals surface area contributed by atoms with Crippen LogP contribution in [0.3, 0.4) is 0 Å². The van der Waals surface area contributed by atoms with Gasteiger partial charge >= 0.3 is 0 Å². The van der Waals surface area contributed by atoms with Crippen LogP contribution in [0.4, 0.5) is 0 Å². The fraction of sp³-hybridized carbons (Fsp3) is 0.385. The van der Waals surface area contributed by atoms with Crippen LogP contribution in [0, 0.1) is 0 Å². The molecule has 0 radical (unpaired) electrons. The Morgan fingerprint density at radius 1 is 1.28 bits per heavy atom. The lowest BCUT2D eigenvalue weighted by Crippen LogP contribution is -2.49. The average molecular weight is 245 g/mol. The summed E-state index contributed by atoms with van der Waals surface area (Å²) in [5.41, 5.74) is 1.26. The highest BCUT2D eigenvalue weighted by Gasteiger charge is 2.15. The third-order valence-electron chi connectivity index (χ3n) is 2.72.